The Morgan fingerprint density at radius 2 is 2.09 bits per heavy atom. The number of hydrogen-bond acceptors (Lipinski definition) is 3. The van der Waals surface area contributed by atoms with E-state index in [1.54, 1.807) is 0 Å². The Morgan fingerprint density at radius 1 is 1.32 bits per heavy atom. The number of aliphatic hydroxyl groups is 1. The van der Waals surface area contributed by atoms with Crippen molar-refractivity contribution in [3.05, 3.63) is 0 Å². The average Bonchev–Trinajstić information content (AvgIpc) is 3.17. The Bertz CT molecular complexity index is 342. The van der Waals surface area contributed by atoms with E-state index in [-0.39, 0.29) is 12.5 Å². The van der Waals surface area contributed by atoms with Gasteiger partial charge in [-0.05, 0) is 38.0 Å². The summed E-state index contributed by atoms with van der Waals surface area (Å²) in [5.74, 6) is 2.06. The Kier molecular flexibility index (Phi) is 7.46. The molecule has 2 atom stereocenters. The summed E-state index contributed by atoms with van der Waals surface area (Å²) in [6.45, 7) is 9.48. The van der Waals surface area contributed by atoms with Gasteiger partial charge in [0.15, 0.2) is 5.96 Å². The lowest BCUT2D eigenvalue weighted by molar-refractivity contribution is 0.241. The number of aliphatic imine (C=N–C) groups is 1. The maximum absolute atomic E-state index is 9.12. The Labute approximate surface area is 135 Å². The van der Waals surface area contributed by atoms with Gasteiger partial charge in [0.25, 0.3) is 0 Å². The second-order valence-corrected chi connectivity index (χ2v) is 7.05. The number of aliphatic hydroxyl groups excluding tert-OH is 1. The van der Waals surface area contributed by atoms with Gasteiger partial charge in [-0.3, -0.25) is 4.99 Å². The van der Waals surface area contributed by atoms with Crippen LogP contribution in [-0.2, 0) is 0 Å². The monoisotopic (exact) mass is 310 g/mol. The molecule has 1 saturated heterocycles. The molecule has 1 heterocycles. The van der Waals surface area contributed by atoms with Crippen molar-refractivity contribution in [3.63, 3.8) is 0 Å². The maximum atomic E-state index is 9.12. The first-order valence-electron chi connectivity index (χ1n) is 9.09. The molecular formula is C17H34N4O. The van der Waals surface area contributed by atoms with Crippen molar-refractivity contribution in [1.82, 2.24) is 15.5 Å². The number of likely N-dealkylation sites (tertiary alicyclic amines) is 1. The van der Waals surface area contributed by atoms with Crippen LogP contribution in [-0.4, -0.2) is 61.3 Å². The van der Waals surface area contributed by atoms with Crippen molar-refractivity contribution < 1.29 is 5.11 Å². The number of rotatable bonds is 7. The summed E-state index contributed by atoms with van der Waals surface area (Å²) in [4.78, 5) is 7.21. The van der Waals surface area contributed by atoms with Gasteiger partial charge in [0.05, 0.1) is 0 Å². The van der Waals surface area contributed by atoms with Gasteiger partial charge in [-0.1, -0.05) is 19.8 Å². The van der Waals surface area contributed by atoms with Gasteiger partial charge in [-0.2, -0.15) is 0 Å². The van der Waals surface area contributed by atoms with Crippen molar-refractivity contribution >= 4 is 5.96 Å². The second kappa shape index (κ2) is 9.36. The molecule has 5 heteroatoms. The highest BCUT2D eigenvalue weighted by Gasteiger charge is 2.26. The van der Waals surface area contributed by atoms with E-state index in [1.807, 2.05) is 6.92 Å². The highest BCUT2D eigenvalue weighted by atomic mass is 16.3. The summed E-state index contributed by atoms with van der Waals surface area (Å²) < 4.78 is 0. The minimum absolute atomic E-state index is 0.196. The molecule has 0 aromatic carbocycles. The average molecular weight is 310 g/mol. The van der Waals surface area contributed by atoms with Crippen molar-refractivity contribution in [2.75, 3.05) is 39.3 Å². The molecule has 0 aromatic heterocycles. The van der Waals surface area contributed by atoms with Crippen molar-refractivity contribution in [3.8, 4) is 0 Å². The molecule has 0 radical (unpaired) electrons. The predicted molar refractivity (Wildman–Crippen MR) is 92.2 cm³/mol. The zero-order valence-corrected chi connectivity index (χ0v) is 14.4. The fourth-order valence-corrected chi connectivity index (χ4v) is 3.49. The highest BCUT2D eigenvalue weighted by Crippen LogP contribution is 2.26. The molecule has 2 unspecified atom stereocenters. The molecule has 0 bridgehead atoms. The molecule has 2 aliphatic rings. The SMILES string of the molecule is CCNC(=NCC(C)CO)NC1CCN(CC2CCCC2)C1. The van der Waals surface area contributed by atoms with Crippen LogP contribution in [0.25, 0.3) is 0 Å². The highest BCUT2D eigenvalue weighted by molar-refractivity contribution is 5.80. The van der Waals surface area contributed by atoms with Gasteiger partial charge >= 0.3 is 0 Å². The quantitative estimate of drug-likeness (QED) is 0.492. The van der Waals surface area contributed by atoms with E-state index in [1.165, 1.54) is 45.2 Å². The number of guanidine groups is 1. The van der Waals surface area contributed by atoms with E-state index in [0.717, 1.165) is 25.0 Å². The molecule has 2 fully saturated rings. The predicted octanol–water partition coefficient (Wildman–Crippen LogP) is 1.43. The van der Waals surface area contributed by atoms with E-state index in [2.05, 4.69) is 27.4 Å². The first kappa shape index (κ1) is 17.5. The molecule has 1 saturated carbocycles. The lowest BCUT2D eigenvalue weighted by atomic mass is 10.1. The van der Waals surface area contributed by atoms with Crippen molar-refractivity contribution in [2.24, 2.45) is 16.8 Å². The van der Waals surface area contributed by atoms with Crippen LogP contribution in [0, 0.1) is 11.8 Å². The van der Waals surface area contributed by atoms with E-state index in [9.17, 15) is 0 Å². The lowest BCUT2D eigenvalue weighted by Gasteiger charge is -2.21. The van der Waals surface area contributed by atoms with E-state index >= 15 is 0 Å². The molecule has 1 aliphatic carbocycles. The van der Waals surface area contributed by atoms with E-state index in [0.29, 0.717) is 12.6 Å². The van der Waals surface area contributed by atoms with Crippen LogP contribution in [0.1, 0.15) is 46.0 Å². The molecule has 2 rings (SSSR count). The number of nitrogens with one attached hydrogen (secondary N) is 2. The maximum Gasteiger partial charge on any atom is 0.191 e. The fraction of sp³-hybridized carbons (Fsp3) is 0.941. The van der Waals surface area contributed by atoms with Crippen LogP contribution >= 0.6 is 0 Å². The molecule has 0 amide bonds. The van der Waals surface area contributed by atoms with Crippen LogP contribution < -0.4 is 10.6 Å². The normalized spacial score (nSPS) is 25.6. The van der Waals surface area contributed by atoms with Crippen molar-refractivity contribution in [1.29, 1.82) is 0 Å². The van der Waals surface area contributed by atoms with E-state index < -0.39 is 0 Å². The van der Waals surface area contributed by atoms with E-state index in [4.69, 9.17) is 5.11 Å². The molecular weight excluding hydrogens is 276 g/mol. The Morgan fingerprint density at radius 3 is 2.77 bits per heavy atom. The summed E-state index contributed by atoms with van der Waals surface area (Å²) >= 11 is 0. The summed E-state index contributed by atoms with van der Waals surface area (Å²) in [6.07, 6.45) is 6.92. The third-order valence-electron chi connectivity index (χ3n) is 4.82. The summed E-state index contributed by atoms with van der Waals surface area (Å²) in [6, 6.07) is 0.503. The molecule has 1 aliphatic heterocycles. The minimum Gasteiger partial charge on any atom is -0.396 e. The summed E-state index contributed by atoms with van der Waals surface area (Å²) in [5, 5.41) is 16.0. The third-order valence-corrected chi connectivity index (χ3v) is 4.82. The zero-order chi connectivity index (χ0) is 15.8. The van der Waals surface area contributed by atoms with Gasteiger partial charge in [0.1, 0.15) is 0 Å². The molecule has 5 nitrogen and oxygen atoms in total. The van der Waals surface area contributed by atoms with Crippen LogP contribution in [0.3, 0.4) is 0 Å². The fourth-order valence-electron chi connectivity index (χ4n) is 3.49. The summed E-state index contributed by atoms with van der Waals surface area (Å²) in [7, 11) is 0. The van der Waals surface area contributed by atoms with Crippen LogP contribution in [0.5, 0.6) is 0 Å². The van der Waals surface area contributed by atoms with Gasteiger partial charge in [0, 0.05) is 45.4 Å². The van der Waals surface area contributed by atoms with Gasteiger partial charge in [0.2, 0.25) is 0 Å². The topological polar surface area (TPSA) is 59.9 Å². The van der Waals surface area contributed by atoms with Gasteiger partial charge in [-0.25, -0.2) is 0 Å². The largest absolute Gasteiger partial charge is 0.396 e. The Hall–Kier alpha value is -0.810. The van der Waals surface area contributed by atoms with Crippen molar-refractivity contribution in [2.45, 2.75) is 52.0 Å². The third kappa shape index (κ3) is 5.76. The number of hydrogen-bond donors (Lipinski definition) is 3. The minimum atomic E-state index is 0.196. The number of nitrogens with zero attached hydrogens (tertiary/aromatic N) is 2. The first-order chi connectivity index (χ1) is 10.7. The first-order valence-corrected chi connectivity index (χ1v) is 9.09. The second-order valence-electron chi connectivity index (χ2n) is 7.05. The molecule has 3 N–H and O–H groups in total. The van der Waals surface area contributed by atoms with Crippen LogP contribution in [0.2, 0.25) is 0 Å². The van der Waals surface area contributed by atoms with Gasteiger partial charge < -0.3 is 20.6 Å². The lowest BCUT2D eigenvalue weighted by Crippen LogP contribution is -2.45. The molecule has 0 aromatic rings. The molecule has 0 spiro atoms. The van der Waals surface area contributed by atoms with Crippen LogP contribution in [0.4, 0.5) is 0 Å². The zero-order valence-electron chi connectivity index (χ0n) is 14.4. The molecule has 22 heavy (non-hydrogen) atoms. The smallest absolute Gasteiger partial charge is 0.191 e. The molecule has 128 valence electrons. The summed E-state index contributed by atoms with van der Waals surface area (Å²) in [5.41, 5.74) is 0. The van der Waals surface area contributed by atoms with Gasteiger partial charge in [-0.15, -0.1) is 0 Å². The standard InChI is InChI=1S/C17H34N4O/c1-3-18-17(19-10-14(2)13-22)20-16-8-9-21(12-16)11-15-6-4-5-7-15/h14-16,22H,3-13H2,1-2H3,(H2,18,19,20). The Balaban J connectivity index is 1.75. The van der Waals surface area contributed by atoms with Crippen LogP contribution in [0.15, 0.2) is 4.99 Å².